The number of halogens is 2. The second-order valence-electron chi connectivity index (χ2n) is 4.82. The van der Waals surface area contributed by atoms with Gasteiger partial charge < -0.3 is 5.32 Å². The van der Waals surface area contributed by atoms with Crippen LogP contribution in [0.4, 0.5) is 10.3 Å². The molecule has 1 aromatic carbocycles. The average Bonchev–Trinajstić information content (AvgIpc) is 3.19. The number of nitrogens with zero attached hydrogens (tertiary/aromatic N) is 3. The predicted molar refractivity (Wildman–Crippen MR) is 88.2 cm³/mol. The zero-order valence-corrected chi connectivity index (χ0v) is 13.6. The first-order chi connectivity index (χ1) is 10.7. The van der Waals surface area contributed by atoms with Crippen molar-refractivity contribution in [2.45, 2.75) is 6.04 Å². The van der Waals surface area contributed by atoms with Gasteiger partial charge in [-0.25, -0.2) is 9.07 Å². The van der Waals surface area contributed by atoms with Gasteiger partial charge in [-0.3, -0.25) is 0 Å². The zero-order chi connectivity index (χ0) is 15.1. The van der Waals surface area contributed by atoms with E-state index in [1.165, 1.54) is 12.4 Å². The molecular formula is C15H10BrFN4S. The van der Waals surface area contributed by atoms with Crippen LogP contribution in [0.25, 0.3) is 5.70 Å². The monoisotopic (exact) mass is 376 g/mol. The average molecular weight is 377 g/mol. The molecule has 0 saturated carbocycles. The third-order valence-electron chi connectivity index (χ3n) is 3.47. The van der Waals surface area contributed by atoms with Gasteiger partial charge in [0.2, 0.25) is 5.95 Å². The van der Waals surface area contributed by atoms with Crippen molar-refractivity contribution in [1.82, 2.24) is 14.8 Å². The van der Waals surface area contributed by atoms with Crippen LogP contribution in [0.15, 0.2) is 52.6 Å². The highest BCUT2D eigenvalue weighted by molar-refractivity contribution is 9.10. The molecule has 1 aliphatic heterocycles. The highest BCUT2D eigenvalue weighted by atomic mass is 79.9. The van der Waals surface area contributed by atoms with E-state index in [1.807, 2.05) is 23.6 Å². The molecule has 0 spiro atoms. The van der Waals surface area contributed by atoms with Crippen molar-refractivity contribution in [1.29, 1.82) is 0 Å². The number of hydrogen-bond acceptors (Lipinski definition) is 4. The maximum atomic E-state index is 14.3. The van der Waals surface area contributed by atoms with Crippen LogP contribution in [0.5, 0.6) is 0 Å². The van der Waals surface area contributed by atoms with Crippen molar-refractivity contribution in [3.8, 4) is 0 Å². The van der Waals surface area contributed by atoms with Crippen LogP contribution >= 0.6 is 27.3 Å². The quantitative estimate of drug-likeness (QED) is 0.724. The van der Waals surface area contributed by atoms with Gasteiger partial charge in [0.25, 0.3) is 0 Å². The minimum Gasteiger partial charge on any atom is -0.323 e. The third-order valence-corrected chi connectivity index (χ3v) is 4.87. The number of anilines is 1. The molecule has 4 rings (SSSR count). The first-order valence-electron chi connectivity index (χ1n) is 6.59. The first kappa shape index (κ1) is 13.7. The molecule has 22 heavy (non-hydrogen) atoms. The van der Waals surface area contributed by atoms with Crippen LogP contribution in [0.1, 0.15) is 16.5 Å². The van der Waals surface area contributed by atoms with E-state index in [4.69, 9.17) is 0 Å². The Hall–Kier alpha value is -1.99. The van der Waals surface area contributed by atoms with E-state index in [1.54, 1.807) is 28.2 Å². The van der Waals surface area contributed by atoms with E-state index in [9.17, 15) is 4.39 Å². The fourth-order valence-corrected chi connectivity index (χ4v) is 3.56. The third kappa shape index (κ3) is 2.26. The van der Waals surface area contributed by atoms with Crippen molar-refractivity contribution >= 4 is 38.9 Å². The first-order valence-corrected chi connectivity index (χ1v) is 8.27. The maximum absolute atomic E-state index is 14.3. The Kier molecular flexibility index (Phi) is 3.31. The van der Waals surface area contributed by atoms with Crippen molar-refractivity contribution in [2.75, 3.05) is 5.32 Å². The highest BCUT2D eigenvalue weighted by Crippen LogP contribution is 2.35. The van der Waals surface area contributed by atoms with Gasteiger partial charge in [0.05, 0.1) is 10.6 Å². The molecule has 0 amide bonds. The molecule has 0 aliphatic carbocycles. The molecule has 4 nitrogen and oxygen atoms in total. The molecule has 0 saturated heterocycles. The lowest BCUT2D eigenvalue weighted by atomic mass is 10.0. The number of hydrogen-bond donors (Lipinski definition) is 1. The molecular weight excluding hydrogens is 367 g/mol. The summed E-state index contributed by atoms with van der Waals surface area (Å²) < 4.78 is 16.8. The summed E-state index contributed by atoms with van der Waals surface area (Å²) >= 11 is 5.02. The molecule has 0 fully saturated rings. The summed E-state index contributed by atoms with van der Waals surface area (Å²) in [7, 11) is 0. The van der Waals surface area contributed by atoms with E-state index in [0.29, 0.717) is 11.5 Å². The van der Waals surface area contributed by atoms with Crippen LogP contribution in [0.3, 0.4) is 0 Å². The van der Waals surface area contributed by atoms with Crippen molar-refractivity contribution in [3.63, 3.8) is 0 Å². The Balaban J connectivity index is 1.88. The van der Waals surface area contributed by atoms with E-state index in [-0.39, 0.29) is 11.9 Å². The smallest absolute Gasteiger partial charge is 0.226 e. The lowest BCUT2D eigenvalue weighted by molar-refractivity contribution is 0.551. The summed E-state index contributed by atoms with van der Waals surface area (Å²) in [6, 6.07) is 8.58. The van der Waals surface area contributed by atoms with Crippen LogP contribution in [-0.4, -0.2) is 14.8 Å². The van der Waals surface area contributed by atoms with Crippen LogP contribution < -0.4 is 5.32 Å². The molecule has 0 bridgehead atoms. The standard InChI is InChI=1S/C15H10BrFN4S/c16-9-3-4-11(17)10(6-9)13-7-12(14-2-1-5-22-14)20-15-18-8-19-21(13)15/h1-8,13H,(H,18,19,20). The van der Waals surface area contributed by atoms with E-state index in [2.05, 4.69) is 31.3 Å². The van der Waals surface area contributed by atoms with Crippen molar-refractivity contribution in [3.05, 3.63) is 68.8 Å². The summed E-state index contributed by atoms with van der Waals surface area (Å²) in [5.41, 5.74) is 1.47. The van der Waals surface area contributed by atoms with Gasteiger partial charge in [-0.2, -0.15) is 10.1 Å². The second kappa shape index (κ2) is 5.33. The largest absolute Gasteiger partial charge is 0.323 e. The summed E-state index contributed by atoms with van der Waals surface area (Å²) in [5, 5.41) is 9.47. The van der Waals surface area contributed by atoms with Gasteiger partial charge in [0, 0.05) is 10.0 Å². The molecule has 3 heterocycles. The topological polar surface area (TPSA) is 42.7 Å². The summed E-state index contributed by atoms with van der Waals surface area (Å²) in [6.45, 7) is 0. The molecule has 0 radical (unpaired) electrons. The fraction of sp³-hybridized carbons (Fsp3) is 0.0667. The minimum atomic E-state index is -0.339. The highest BCUT2D eigenvalue weighted by Gasteiger charge is 2.25. The Labute approximate surface area is 138 Å². The molecule has 1 aliphatic rings. The van der Waals surface area contributed by atoms with Gasteiger partial charge in [-0.15, -0.1) is 11.3 Å². The number of aromatic nitrogens is 3. The van der Waals surface area contributed by atoms with Crippen molar-refractivity contribution in [2.24, 2.45) is 0 Å². The van der Waals surface area contributed by atoms with Crippen LogP contribution in [-0.2, 0) is 0 Å². The molecule has 1 unspecified atom stereocenters. The maximum Gasteiger partial charge on any atom is 0.226 e. The van der Waals surface area contributed by atoms with Gasteiger partial charge in [0.1, 0.15) is 18.2 Å². The molecule has 2 aromatic heterocycles. The molecule has 1 atom stereocenters. The lowest BCUT2D eigenvalue weighted by Gasteiger charge is -2.24. The number of benzene rings is 1. The Morgan fingerprint density at radius 3 is 3.05 bits per heavy atom. The van der Waals surface area contributed by atoms with Gasteiger partial charge in [-0.1, -0.05) is 22.0 Å². The molecule has 3 aromatic rings. The number of allylic oxidation sites excluding steroid dienone is 1. The summed E-state index contributed by atoms with van der Waals surface area (Å²) in [6.07, 6.45) is 3.44. The Morgan fingerprint density at radius 1 is 1.32 bits per heavy atom. The van der Waals surface area contributed by atoms with Crippen LogP contribution in [0.2, 0.25) is 0 Å². The number of rotatable bonds is 2. The fourth-order valence-electron chi connectivity index (χ4n) is 2.47. The number of nitrogens with one attached hydrogen (secondary N) is 1. The SMILES string of the molecule is Fc1ccc(Br)cc1C1C=C(c2cccs2)Nc2ncnn21. The number of fused-ring (bicyclic) bond motifs is 1. The summed E-state index contributed by atoms with van der Waals surface area (Å²) in [4.78, 5) is 5.29. The van der Waals surface area contributed by atoms with E-state index in [0.717, 1.165) is 15.0 Å². The van der Waals surface area contributed by atoms with E-state index < -0.39 is 0 Å². The predicted octanol–water partition coefficient (Wildman–Crippen LogP) is 4.30. The molecule has 110 valence electrons. The summed E-state index contributed by atoms with van der Waals surface area (Å²) in [5.74, 6) is 0.341. The van der Waals surface area contributed by atoms with Gasteiger partial charge in [0.15, 0.2) is 0 Å². The normalized spacial score (nSPS) is 16.8. The molecule has 1 N–H and O–H groups in total. The number of thiophene rings is 1. The Morgan fingerprint density at radius 2 is 2.23 bits per heavy atom. The van der Waals surface area contributed by atoms with E-state index >= 15 is 0 Å². The van der Waals surface area contributed by atoms with Gasteiger partial charge >= 0.3 is 0 Å². The molecule has 7 heteroatoms. The van der Waals surface area contributed by atoms with Crippen LogP contribution in [0, 0.1) is 5.82 Å². The van der Waals surface area contributed by atoms with Crippen molar-refractivity contribution < 1.29 is 4.39 Å². The minimum absolute atomic E-state index is 0.265. The zero-order valence-electron chi connectivity index (χ0n) is 11.2. The lowest BCUT2D eigenvalue weighted by Crippen LogP contribution is -2.20. The second-order valence-corrected chi connectivity index (χ2v) is 6.68. The Bertz CT molecular complexity index is 856. The van der Waals surface area contributed by atoms with Gasteiger partial charge in [-0.05, 0) is 35.7 Å².